The molecule has 0 bridgehead atoms. The Balaban J connectivity index is 1.79. The molecule has 0 aliphatic carbocycles. The Bertz CT molecular complexity index is 827. The molecule has 3 aromatic rings. The third-order valence-electron chi connectivity index (χ3n) is 4.03. The monoisotopic (exact) mass is 355 g/mol. The molecule has 0 aliphatic heterocycles. The van der Waals surface area contributed by atoms with Crippen LogP contribution < -0.4 is 10.1 Å². The molecule has 2 heterocycles. The van der Waals surface area contributed by atoms with Crippen molar-refractivity contribution in [2.24, 2.45) is 7.05 Å². The van der Waals surface area contributed by atoms with Crippen LogP contribution in [0.25, 0.3) is 0 Å². The van der Waals surface area contributed by atoms with Gasteiger partial charge >= 0.3 is 0 Å². The fourth-order valence-electron chi connectivity index (χ4n) is 2.70. The summed E-state index contributed by atoms with van der Waals surface area (Å²) in [5.41, 5.74) is 0.943. The predicted molar refractivity (Wildman–Crippen MR) is 98.8 cm³/mol. The van der Waals surface area contributed by atoms with E-state index >= 15 is 0 Å². The molecule has 6 heteroatoms. The van der Waals surface area contributed by atoms with Gasteiger partial charge in [-0.2, -0.15) is 0 Å². The van der Waals surface area contributed by atoms with Crippen molar-refractivity contribution in [3.63, 3.8) is 0 Å². The van der Waals surface area contributed by atoms with Gasteiger partial charge in [0.1, 0.15) is 17.6 Å². The van der Waals surface area contributed by atoms with E-state index in [4.69, 9.17) is 4.74 Å². The van der Waals surface area contributed by atoms with Crippen LogP contribution in [0.3, 0.4) is 0 Å². The quantitative estimate of drug-likeness (QED) is 0.707. The van der Waals surface area contributed by atoms with Crippen LogP contribution in [0.4, 0.5) is 0 Å². The molecule has 1 atom stereocenters. The Morgan fingerprint density at radius 2 is 2.24 bits per heavy atom. The van der Waals surface area contributed by atoms with Crippen molar-refractivity contribution >= 4 is 17.2 Å². The maximum absolute atomic E-state index is 12.5. The van der Waals surface area contributed by atoms with Crippen LogP contribution in [0.2, 0.25) is 0 Å². The molecule has 0 radical (unpaired) electrons. The van der Waals surface area contributed by atoms with Gasteiger partial charge in [0.2, 0.25) is 5.91 Å². The van der Waals surface area contributed by atoms with Crippen molar-refractivity contribution in [1.29, 1.82) is 0 Å². The van der Waals surface area contributed by atoms with Crippen LogP contribution in [0.15, 0.2) is 54.2 Å². The minimum atomic E-state index is -0.314. The van der Waals surface area contributed by atoms with E-state index in [9.17, 15) is 4.79 Å². The molecule has 0 fully saturated rings. The Hall–Kier alpha value is -2.60. The topological polar surface area (TPSA) is 56.1 Å². The van der Waals surface area contributed by atoms with Crippen LogP contribution in [0.1, 0.15) is 28.7 Å². The molecule has 1 unspecified atom stereocenters. The van der Waals surface area contributed by atoms with Crippen LogP contribution >= 0.6 is 11.3 Å². The number of ether oxygens (including phenoxy) is 1. The fourth-order valence-corrected chi connectivity index (χ4v) is 3.41. The number of amides is 1. The first-order valence-corrected chi connectivity index (χ1v) is 8.98. The third-order valence-corrected chi connectivity index (χ3v) is 4.96. The predicted octanol–water partition coefficient (Wildman–Crippen LogP) is 3.33. The number of carbonyl (C=O) groups is 1. The highest BCUT2D eigenvalue weighted by Crippen LogP contribution is 2.24. The number of thiophene rings is 1. The molecular weight excluding hydrogens is 334 g/mol. The lowest BCUT2D eigenvalue weighted by Gasteiger charge is -2.19. The number of aryl methyl sites for hydroxylation is 2. The van der Waals surface area contributed by atoms with Crippen LogP contribution in [-0.4, -0.2) is 22.6 Å². The van der Waals surface area contributed by atoms with Gasteiger partial charge in [0.05, 0.1) is 7.11 Å². The molecule has 5 nitrogen and oxygen atoms in total. The van der Waals surface area contributed by atoms with Gasteiger partial charge in [-0.25, -0.2) is 4.98 Å². The van der Waals surface area contributed by atoms with Crippen molar-refractivity contribution in [3.8, 4) is 5.75 Å². The largest absolute Gasteiger partial charge is 0.497 e. The second-order valence-electron chi connectivity index (χ2n) is 5.75. The highest BCUT2D eigenvalue weighted by atomic mass is 32.1. The standard InChI is InChI=1S/C19H21N3O2S/c1-22-11-10-20-19(22)18(14-5-3-6-15(13-14)24-2)21-17(23)9-8-16-7-4-12-25-16/h3-7,10-13,18H,8-9H2,1-2H3,(H,21,23). The van der Waals surface area contributed by atoms with Crippen molar-refractivity contribution in [2.45, 2.75) is 18.9 Å². The minimum absolute atomic E-state index is 0.00391. The van der Waals surface area contributed by atoms with Gasteiger partial charge in [0.25, 0.3) is 0 Å². The van der Waals surface area contributed by atoms with E-state index in [1.165, 1.54) is 4.88 Å². The Morgan fingerprint density at radius 1 is 1.36 bits per heavy atom. The zero-order valence-corrected chi connectivity index (χ0v) is 15.1. The van der Waals surface area contributed by atoms with Crippen molar-refractivity contribution in [2.75, 3.05) is 7.11 Å². The molecule has 1 amide bonds. The summed E-state index contributed by atoms with van der Waals surface area (Å²) in [5, 5.41) is 5.15. The number of carbonyl (C=O) groups excluding carboxylic acids is 1. The van der Waals surface area contributed by atoms with E-state index < -0.39 is 0 Å². The number of nitrogens with one attached hydrogen (secondary N) is 1. The van der Waals surface area contributed by atoms with Gasteiger partial charge < -0.3 is 14.6 Å². The number of imidazole rings is 1. The average molecular weight is 355 g/mol. The molecule has 3 rings (SSSR count). The number of aromatic nitrogens is 2. The lowest BCUT2D eigenvalue weighted by atomic mass is 10.1. The highest BCUT2D eigenvalue weighted by Gasteiger charge is 2.21. The van der Waals surface area contributed by atoms with Gasteiger partial charge in [0, 0.05) is 30.7 Å². The van der Waals surface area contributed by atoms with Crippen LogP contribution in [0, 0.1) is 0 Å². The number of hydrogen-bond donors (Lipinski definition) is 1. The maximum atomic E-state index is 12.5. The zero-order valence-electron chi connectivity index (χ0n) is 14.3. The van der Waals surface area contributed by atoms with Gasteiger partial charge in [-0.15, -0.1) is 11.3 Å². The number of hydrogen-bond acceptors (Lipinski definition) is 4. The maximum Gasteiger partial charge on any atom is 0.221 e. The van der Waals surface area contributed by atoms with Crippen molar-refractivity contribution < 1.29 is 9.53 Å². The normalized spacial score (nSPS) is 11.9. The smallest absolute Gasteiger partial charge is 0.221 e. The first-order valence-electron chi connectivity index (χ1n) is 8.10. The van der Waals surface area contributed by atoms with E-state index in [0.717, 1.165) is 23.6 Å². The molecule has 0 saturated carbocycles. The SMILES string of the molecule is COc1cccc(C(NC(=O)CCc2cccs2)c2nccn2C)c1. The number of benzene rings is 1. The van der Waals surface area contributed by atoms with Crippen molar-refractivity contribution in [3.05, 3.63) is 70.4 Å². The Labute approximate surface area is 151 Å². The highest BCUT2D eigenvalue weighted by molar-refractivity contribution is 7.09. The molecular formula is C19H21N3O2S. The average Bonchev–Trinajstić information content (AvgIpc) is 3.29. The van der Waals surface area contributed by atoms with E-state index in [2.05, 4.69) is 16.4 Å². The van der Waals surface area contributed by atoms with E-state index in [1.54, 1.807) is 24.6 Å². The molecule has 0 spiro atoms. The Kier molecular flexibility index (Phi) is 5.50. The van der Waals surface area contributed by atoms with Crippen LogP contribution in [-0.2, 0) is 18.3 Å². The van der Waals surface area contributed by atoms with E-state index in [0.29, 0.717) is 6.42 Å². The number of nitrogens with zero attached hydrogens (tertiary/aromatic N) is 2. The van der Waals surface area contributed by atoms with Gasteiger partial charge in [-0.1, -0.05) is 18.2 Å². The Morgan fingerprint density at radius 3 is 2.92 bits per heavy atom. The van der Waals surface area contributed by atoms with Crippen molar-refractivity contribution in [1.82, 2.24) is 14.9 Å². The zero-order chi connectivity index (χ0) is 17.6. The molecule has 130 valence electrons. The summed E-state index contributed by atoms with van der Waals surface area (Å²) >= 11 is 1.67. The molecule has 2 aromatic heterocycles. The molecule has 25 heavy (non-hydrogen) atoms. The first kappa shape index (κ1) is 17.2. The summed E-state index contributed by atoms with van der Waals surface area (Å²) in [6.45, 7) is 0. The second kappa shape index (κ2) is 7.98. The summed E-state index contributed by atoms with van der Waals surface area (Å²) in [6, 6.07) is 11.5. The molecule has 0 aliphatic rings. The summed E-state index contributed by atoms with van der Waals surface area (Å²) in [7, 11) is 3.56. The lowest BCUT2D eigenvalue weighted by Crippen LogP contribution is -2.31. The molecule has 1 N–H and O–H groups in total. The van der Waals surface area contributed by atoms with E-state index in [-0.39, 0.29) is 11.9 Å². The third kappa shape index (κ3) is 4.28. The van der Waals surface area contributed by atoms with Gasteiger partial charge in [-0.05, 0) is 35.6 Å². The van der Waals surface area contributed by atoms with Gasteiger partial charge in [0.15, 0.2) is 0 Å². The first-order chi connectivity index (χ1) is 12.2. The van der Waals surface area contributed by atoms with E-state index in [1.807, 2.05) is 53.5 Å². The molecule has 1 aromatic carbocycles. The summed E-state index contributed by atoms with van der Waals surface area (Å²) in [6.07, 6.45) is 4.81. The summed E-state index contributed by atoms with van der Waals surface area (Å²) < 4.78 is 7.24. The fraction of sp³-hybridized carbons (Fsp3) is 0.263. The lowest BCUT2D eigenvalue weighted by molar-refractivity contribution is -0.121. The molecule has 0 saturated heterocycles. The summed E-state index contributed by atoms with van der Waals surface area (Å²) in [5.74, 6) is 1.55. The van der Waals surface area contributed by atoms with Crippen LogP contribution in [0.5, 0.6) is 5.75 Å². The number of methoxy groups -OCH3 is 1. The summed E-state index contributed by atoms with van der Waals surface area (Å²) in [4.78, 5) is 18.1. The minimum Gasteiger partial charge on any atom is -0.497 e. The number of rotatable bonds is 7. The second-order valence-corrected chi connectivity index (χ2v) is 6.79. The van der Waals surface area contributed by atoms with Gasteiger partial charge in [-0.3, -0.25) is 4.79 Å².